The molecule has 0 atom stereocenters. The fourth-order valence-electron chi connectivity index (χ4n) is 0.0735. The van der Waals surface area contributed by atoms with E-state index in [9.17, 15) is 0 Å². The zero-order valence-corrected chi connectivity index (χ0v) is 5.40. The molecular formula is C2H3IN2O2. The summed E-state index contributed by atoms with van der Waals surface area (Å²) < 4.78 is 0.236. The van der Waals surface area contributed by atoms with Crippen LogP contribution in [0.4, 0.5) is 0 Å². The van der Waals surface area contributed by atoms with E-state index in [1.807, 2.05) is 0 Å². The minimum Gasteiger partial charge on any atom is -0.411 e. The van der Waals surface area contributed by atoms with Crippen molar-refractivity contribution in [2.75, 3.05) is 0 Å². The van der Waals surface area contributed by atoms with Crippen molar-refractivity contribution in [1.29, 1.82) is 0 Å². The van der Waals surface area contributed by atoms with Crippen molar-refractivity contribution in [2.24, 2.45) is 10.3 Å². The maximum Gasteiger partial charge on any atom is 0.161 e. The number of hydrogen-bond donors (Lipinski definition) is 2. The van der Waals surface area contributed by atoms with Gasteiger partial charge in [-0.2, -0.15) is 0 Å². The van der Waals surface area contributed by atoms with Crippen molar-refractivity contribution < 1.29 is 10.4 Å². The summed E-state index contributed by atoms with van der Waals surface area (Å²) in [4.78, 5) is 0. The number of halogens is 1. The molecule has 0 aliphatic heterocycles. The van der Waals surface area contributed by atoms with Crippen LogP contribution in [0.15, 0.2) is 10.3 Å². The van der Waals surface area contributed by atoms with Gasteiger partial charge >= 0.3 is 0 Å². The standard InChI is InChI=1S/C2H3IN2O2/c3-2(5-7)1-4-6/h1,6-7H/b4-1-,5-2+. The second-order valence-corrected chi connectivity index (χ2v) is 1.77. The Morgan fingerprint density at radius 2 is 2.14 bits per heavy atom. The summed E-state index contributed by atoms with van der Waals surface area (Å²) >= 11 is 1.70. The lowest BCUT2D eigenvalue weighted by Gasteiger charge is -1.74. The van der Waals surface area contributed by atoms with Crippen LogP contribution < -0.4 is 0 Å². The third kappa shape index (κ3) is 3.50. The molecule has 0 radical (unpaired) electrons. The molecule has 40 valence electrons. The first-order valence-corrected chi connectivity index (χ1v) is 2.44. The van der Waals surface area contributed by atoms with E-state index < -0.39 is 0 Å². The van der Waals surface area contributed by atoms with Crippen molar-refractivity contribution >= 4 is 32.5 Å². The minimum atomic E-state index is 0.236. The maximum atomic E-state index is 7.84. The zero-order valence-electron chi connectivity index (χ0n) is 3.24. The average molecular weight is 214 g/mol. The van der Waals surface area contributed by atoms with Gasteiger partial charge in [0.05, 0.1) is 0 Å². The fourth-order valence-corrected chi connectivity index (χ4v) is 0.198. The van der Waals surface area contributed by atoms with Gasteiger partial charge in [0.2, 0.25) is 0 Å². The van der Waals surface area contributed by atoms with Gasteiger partial charge in [0.15, 0.2) is 3.72 Å². The Hall–Kier alpha value is -0.330. The Morgan fingerprint density at radius 3 is 2.29 bits per heavy atom. The first-order chi connectivity index (χ1) is 3.31. The lowest BCUT2D eigenvalue weighted by Crippen LogP contribution is -1.84. The summed E-state index contributed by atoms with van der Waals surface area (Å²) in [6.45, 7) is 0. The van der Waals surface area contributed by atoms with E-state index in [-0.39, 0.29) is 3.72 Å². The molecule has 0 saturated carbocycles. The normalized spacial score (nSPS) is 13.0. The molecule has 0 aromatic carbocycles. The Labute approximate surface area is 53.7 Å². The Balaban J connectivity index is 3.58. The van der Waals surface area contributed by atoms with Gasteiger partial charge in [-0.1, -0.05) is 10.3 Å². The molecule has 5 heteroatoms. The quantitative estimate of drug-likeness (QED) is 0.291. The summed E-state index contributed by atoms with van der Waals surface area (Å²) in [6.07, 6.45) is 1.01. The van der Waals surface area contributed by atoms with Crippen molar-refractivity contribution in [3.8, 4) is 0 Å². The van der Waals surface area contributed by atoms with Gasteiger partial charge in [-0.25, -0.2) is 0 Å². The molecule has 0 aliphatic carbocycles. The Morgan fingerprint density at radius 1 is 1.57 bits per heavy atom. The van der Waals surface area contributed by atoms with E-state index in [1.54, 1.807) is 22.6 Å². The van der Waals surface area contributed by atoms with Crippen LogP contribution in [-0.4, -0.2) is 20.3 Å². The van der Waals surface area contributed by atoms with Gasteiger partial charge in [-0.05, 0) is 22.6 Å². The van der Waals surface area contributed by atoms with Crippen molar-refractivity contribution in [3.63, 3.8) is 0 Å². The highest BCUT2D eigenvalue weighted by molar-refractivity contribution is 14.1. The Kier molecular flexibility index (Phi) is 3.67. The second kappa shape index (κ2) is 3.85. The van der Waals surface area contributed by atoms with Crippen molar-refractivity contribution in [1.82, 2.24) is 0 Å². The number of nitrogens with zero attached hydrogens (tertiary/aromatic N) is 2. The fraction of sp³-hybridized carbons (Fsp3) is 0. The van der Waals surface area contributed by atoms with Gasteiger partial charge in [0.1, 0.15) is 6.21 Å². The molecule has 0 aliphatic rings. The molecule has 0 unspecified atom stereocenters. The molecule has 0 amide bonds. The third-order valence-corrected chi connectivity index (χ3v) is 0.754. The third-order valence-electron chi connectivity index (χ3n) is 0.260. The maximum absolute atomic E-state index is 7.84. The largest absolute Gasteiger partial charge is 0.411 e. The summed E-state index contributed by atoms with van der Waals surface area (Å²) in [7, 11) is 0. The molecule has 0 bridgehead atoms. The van der Waals surface area contributed by atoms with Crippen LogP contribution in [0.3, 0.4) is 0 Å². The van der Waals surface area contributed by atoms with E-state index in [4.69, 9.17) is 10.4 Å². The molecule has 0 saturated heterocycles. The minimum absolute atomic E-state index is 0.236. The number of rotatable bonds is 1. The van der Waals surface area contributed by atoms with E-state index in [0.717, 1.165) is 6.21 Å². The SMILES string of the molecule is O/N=C\C(I)=N/O. The van der Waals surface area contributed by atoms with Crippen LogP contribution in [-0.2, 0) is 0 Å². The molecule has 0 heterocycles. The summed E-state index contributed by atoms with van der Waals surface area (Å²) in [5.41, 5.74) is 0. The van der Waals surface area contributed by atoms with Crippen LogP contribution in [0.1, 0.15) is 0 Å². The molecule has 0 aromatic heterocycles. The average Bonchev–Trinajstić information content (AvgIpc) is 1.68. The van der Waals surface area contributed by atoms with E-state index in [2.05, 4.69) is 10.3 Å². The van der Waals surface area contributed by atoms with Crippen molar-refractivity contribution in [3.05, 3.63) is 0 Å². The van der Waals surface area contributed by atoms with E-state index >= 15 is 0 Å². The molecule has 0 rings (SSSR count). The van der Waals surface area contributed by atoms with Crippen LogP contribution in [0.25, 0.3) is 0 Å². The summed E-state index contributed by atoms with van der Waals surface area (Å²) in [6, 6.07) is 0. The second-order valence-electron chi connectivity index (χ2n) is 0.667. The lowest BCUT2D eigenvalue weighted by atomic mass is 10.8. The predicted molar refractivity (Wildman–Crippen MR) is 33.5 cm³/mol. The molecular weight excluding hydrogens is 211 g/mol. The molecule has 0 spiro atoms. The lowest BCUT2D eigenvalue weighted by molar-refractivity contribution is 0.317. The summed E-state index contributed by atoms with van der Waals surface area (Å²) in [5, 5.41) is 20.8. The monoisotopic (exact) mass is 214 g/mol. The number of hydrogen-bond acceptors (Lipinski definition) is 4. The molecule has 0 aromatic rings. The molecule has 2 N–H and O–H groups in total. The molecule has 0 fully saturated rings. The van der Waals surface area contributed by atoms with E-state index in [0.29, 0.717) is 0 Å². The highest BCUT2D eigenvalue weighted by Crippen LogP contribution is 1.82. The van der Waals surface area contributed by atoms with Gasteiger partial charge < -0.3 is 10.4 Å². The van der Waals surface area contributed by atoms with Gasteiger partial charge in [0.25, 0.3) is 0 Å². The zero-order chi connectivity index (χ0) is 5.70. The Bertz CT molecular complexity index is 99.9. The first kappa shape index (κ1) is 6.67. The molecule has 7 heavy (non-hydrogen) atoms. The van der Waals surface area contributed by atoms with Crippen LogP contribution in [0.5, 0.6) is 0 Å². The van der Waals surface area contributed by atoms with Crippen molar-refractivity contribution in [2.45, 2.75) is 0 Å². The van der Waals surface area contributed by atoms with Gasteiger partial charge in [0, 0.05) is 0 Å². The summed E-state index contributed by atoms with van der Waals surface area (Å²) in [5.74, 6) is 0. The topological polar surface area (TPSA) is 65.2 Å². The first-order valence-electron chi connectivity index (χ1n) is 1.36. The highest BCUT2D eigenvalue weighted by Gasteiger charge is 1.80. The van der Waals surface area contributed by atoms with Crippen LogP contribution in [0.2, 0.25) is 0 Å². The predicted octanol–water partition coefficient (Wildman–Crippen LogP) is 0.669. The van der Waals surface area contributed by atoms with Gasteiger partial charge in [-0.15, -0.1) is 0 Å². The number of oxime groups is 2. The smallest absolute Gasteiger partial charge is 0.161 e. The van der Waals surface area contributed by atoms with Crippen LogP contribution in [0, 0.1) is 0 Å². The highest BCUT2D eigenvalue weighted by atomic mass is 127. The van der Waals surface area contributed by atoms with Gasteiger partial charge in [-0.3, -0.25) is 0 Å². The molecule has 4 nitrogen and oxygen atoms in total. The van der Waals surface area contributed by atoms with Crippen LogP contribution >= 0.6 is 22.6 Å². The van der Waals surface area contributed by atoms with E-state index in [1.165, 1.54) is 0 Å².